The van der Waals surface area contributed by atoms with Gasteiger partial charge in [0.1, 0.15) is 23.6 Å². The zero-order valence-corrected chi connectivity index (χ0v) is 16.5. The number of aromatic carboxylic acids is 1. The third-order valence-electron chi connectivity index (χ3n) is 5.22. The largest absolute Gasteiger partial charge is 0.478 e. The molecule has 4 heterocycles. The van der Waals surface area contributed by atoms with Crippen molar-refractivity contribution in [1.82, 2.24) is 9.88 Å². The van der Waals surface area contributed by atoms with E-state index in [-0.39, 0.29) is 17.6 Å². The highest BCUT2D eigenvalue weighted by Crippen LogP contribution is 2.48. The first-order chi connectivity index (χ1) is 14.1. The lowest BCUT2D eigenvalue weighted by Crippen LogP contribution is -2.28. The second-order valence-corrected chi connectivity index (χ2v) is 8.63. The number of carbonyl (C=O) groups is 1. The van der Waals surface area contributed by atoms with E-state index in [0.717, 1.165) is 28.7 Å². The molecular formula is C22H19N3O3S. The minimum absolute atomic E-state index is 0.0376. The molecule has 1 aromatic carbocycles. The quantitative estimate of drug-likeness (QED) is 0.682. The van der Waals surface area contributed by atoms with Gasteiger partial charge in [0.05, 0.1) is 11.3 Å². The van der Waals surface area contributed by atoms with Crippen LogP contribution in [-0.4, -0.2) is 37.9 Å². The summed E-state index contributed by atoms with van der Waals surface area (Å²) in [5, 5.41) is 10.6. The molecule has 1 fully saturated rings. The molecule has 146 valence electrons. The number of amidine groups is 1. The lowest BCUT2D eigenvalue weighted by Gasteiger charge is -2.25. The van der Waals surface area contributed by atoms with Crippen molar-refractivity contribution in [1.29, 1.82) is 0 Å². The van der Waals surface area contributed by atoms with Gasteiger partial charge in [-0.05, 0) is 36.4 Å². The number of hydrogen-bond donors (Lipinski definition) is 1. The lowest BCUT2D eigenvalue weighted by molar-refractivity contribution is 0.0697. The molecule has 2 aliphatic heterocycles. The zero-order chi connectivity index (χ0) is 20.0. The summed E-state index contributed by atoms with van der Waals surface area (Å²) < 4.78 is 6.25. The molecule has 1 N–H and O–H groups in total. The van der Waals surface area contributed by atoms with E-state index in [9.17, 15) is 4.79 Å². The molecule has 3 aromatic rings. The van der Waals surface area contributed by atoms with E-state index in [0.29, 0.717) is 11.0 Å². The van der Waals surface area contributed by atoms with Crippen molar-refractivity contribution >= 4 is 22.9 Å². The van der Waals surface area contributed by atoms with Gasteiger partial charge in [-0.2, -0.15) is 0 Å². The van der Waals surface area contributed by atoms with Crippen molar-refractivity contribution < 1.29 is 14.3 Å². The molecular weight excluding hydrogens is 386 g/mol. The Morgan fingerprint density at radius 1 is 1.17 bits per heavy atom. The van der Waals surface area contributed by atoms with E-state index in [1.807, 2.05) is 30.3 Å². The minimum atomic E-state index is -0.939. The van der Waals surface area contributed by atoms with E-state index < -0.39 is 5.97 Å². The first kappa shape index (κ1) is 18.0. The van der Waals surface area contributed by atoms with Crippen LogP contribution in [-0.2, 0) is 0 Å². The van der Waals surface area contributed by atoms with Gasteiger partial charge in [0.25, 0.3) is 0 Å². The third kappa shape index (κ3) is 3.21. The van der Waals surface area contributed by atoms with Gasteiger partial charge in [0.15, 0.2) is 5.17 Å². The van der Waals surface area contributed by atoms with Crippen LogP contribution in [0.25, 0.3) is 11.3 Å². The third-order valence-corrected chi connectivity index (χ3v) is 6.32. The summed E-state index contributed by atoms with van der Waals surface area (Å²) >= 11 is 1.79. The maximum absolute atomic E-state index is 11.1. The molecule has 1 saturated heterocycles. The van der Waals surface area contributed by atoms with Crippen LogP contribution in [0, 0.1) is 0 Å². The second kappa shape index (κ2) is 7.08. The average Bonchev–Trinajstić information content (AvgIpc) is 3.42. The van der Waals surface area contributed by atoms with Gasteiger partial charge in [-0.25, -0.2) is 9.79 Å². The van der Waals surface area contributed by atoms with Crippen molar-refractivity contribution in [2.24, 2.45) is 4.99 Å². The van der Waals surface area contributed by atoms with Crippen LogP contribution in [0.4, 0.5) is 0 Å². The van der Waals surface area contributed by atoms with Crippen molar-refractivity contribution in [2.75, 3.05) is 6.54 Å². The molecule has 3 atom stereocenters. The van der Waals surface area contributed by atoms with E-state index in [1.165, 1.54) is 0 Å². The van der Waals surface area contributed by atoms with Gasteiger partial charge in [-0.1, -0.05) is 36.9 Å². The van der Waals surface area contributed by atoms with E-state index in [4.69, 9.17) is 14.5 Å². The molecule has 0 spiro atoms. The number of aliphatic imine (C=N–C) groups is 1. The summed E-state index contributed by atoms with van der Waals surface area (Å²) in [6.45, 7) is 3.12. The number of thioether (sulfide) groups is 1. The Labute approximate surface area is 172 Å². The highest BCUT2D eigenvalue weighted by atomic mass is 32.2. The number of carboxylic acids is 1. The number of hydrogen-bond acceptors (Lipinski definition) is 6. The SMILES string of the molecule is C[C@@H]1CN2C(=N[C@H](c3ccccn3)[C@@H]2c2ccc(-c3ccc(C(=O)O)cc3)o2)S1. The fraction of sp³-hybridized carbons (Fsp3) is 0.227. The van der Waals surface area contributed by atoms with Crippen LogP contribution in [0.2, 0.25) is 0 Å². The maximum Gasteiger partial charge on any atom is 0.335 e. The number of pyridine rings is 1. The standard InChI is InChI=1S/C22H19N3O3S/c1-13-12-25-20(19(24-22(25)29-13)16-4-2-3-11-23-16)18-10-9-17(28-18)14-5-7-15(8-6-14)21(26)27/h2-11,13,19-20H,12H2,1H3,(H,26,27)/t13-,19-,20+/m1/s1. The Kier molecular flexibility index (Phi) is 4.39. The highest BCUT2D eigenvalue weighted by molar-refractivity contribution is 8.14. The Balaban J connectivity index is 1.49. The van der Waals surface area contributed by atoms with Gasteiger partial charge < -0.3 is 14.4 Å². The Morgan fingerprint density at radius 2 is 2.00 bits per heavy atom. The normalized spacial score (nSPS) is 23.1. The first-order valence-corrected chi connectivity index (χ1v) is 10.3. The second-order valence-electron chi connectivity index (χ2n) is 7.22. The monoisotopic (exact) mass is 405 g/mol. The zero-order valence-electron chi connectivity index (χ0n) is 15.7. The van der Waals surface area contributed by atoms with Crippen LogP contribution in [0.15, 0.2) is 70.2 Å². The predicted octanol–water partition coefficient (Wildman–Crippen LogP) is 4.63. The number of benzene rings is 1. The molecule has 2 aromatic heterocycles. The van der Waals surface area contributed by atoms with Crippen molar-refractivity contribution in [3.63, 3.8) is 0 Å². The summed E-state index contributed by atoms with van der Waals surface area (Å²) in [6.07, 6.45) is 1.79. The lowest BCUT2D eigenvalue weighted by atomic mass is 10.0. The number of carboxylic acid groups (broad SMARTS) is 1. The summed E-state index contributed by atoms with van der Waals surface area (Å²) in [6, 6.07) is 16.4. The van der Waals surface area contributed by atoms with Gasteiger partial charge >= 0.3 is 5.97 Å². The number of nitrogens with zero attached hydrogens (tertiary/aromatic N) is 3. The Morgan fingerprint density at radius 3 is 2.72 bits per heavy atom. The Bertz CT molecular complexity index is 1080. The Hall–Kier alpha value is -3.06. The van der Waals surface area contributed by atoms with Crippen molar-refractivity contribution in [2.45, 2.75) is 24.3 Å². The molecule has 0 saturated carbocycles. The first-order valence-electron chi connectivity index (χ1n) is 9.45. The molecule has 0 bridgehead atoms. The molecule has 5 rings (SSSR count). The number of rotatable bonds is 4. The van der Waals surface area contributed by atoms with Crippen LogP contribution < -0.4 is 0 Å². The van der Waals surface area contributed by atoms with E-state index in [2.05, 4.69) is 16.8 Å². The summed E-state index contributed by atoms with van der Waals surface area (Å²) in [4.78, 5) is 22.9. The maximum atomic E-state index is 11.1. The van der Waals surface area contributed by atoms with Gasteiger partial charge in [-0.15, -0.1) is 0 Å². The highest BCUT2D eigenvalue weighted by Gasteiger charge is 2.45. The molecule has 6 nitrogen and oxygen atoms in total. The smallest absolute Gasteiger partial charge is 0.335 e. The molecule has 0 radical (unpaired) electrons. The van der Waals surface area contributed by atoms with Gasteiger partial charge in [0.2, 0.25) is 0 Å². The van der Waals surface area contributed by atoms with Gasteiger partial charge in [0, 0.05) is 23.6 Å². The molecule has 0 unspecified atom stereocenters. The molecule has 0 aliphatic carbocycles. The molecule has 7 heteroatoms. The number of aromatic nitrogens is 1. The van der Waals surface area contributed by atoms with Crippen LogP contribution in [0.5, 0.6) is 0 Å². The number of fused-ring (bicyclic) bond motifs is 1. The van der Waals surface area contributed by atoms with Crippen LogP contribution >= 0.6 is 11.8 Å². The van der Waals surface area contributed by atoms with Gasteiger partial charge in [-0.3, -0.25) is 4.98 Å². The van der Waals surface area contributed by atoms with Crippen molar-refractivity contribution in [3.05, 3.63) is 77.8 Å². The van der Waals surface area contributed by atoms with E-state index >= 15 is 0 Å². The summed E-state index contributed by atoms with van der Waals surface area (Å²) in [5.41, 5.74) is 2.03. The van der Waals surface area contributed by atoms with E-state index in [1.54, 1.807) is 42.2 Å². The van der Waals surface area contributed by atoms with Crippen molar-refractivity contribution in [3.8, 4) is 11.3 Å². The molecule has 29 heavy (non-hydrogen) atoms. The van der Waals surface area contributed by atoms with Crippen LogP contribution in [0.1, 0.15) is 40.8 Å². The molecule has 2 aliphatic rings. The fourth-order valence-electron chi connectivity index (χ4n) is 3.87. The summed E-state index contributed by atoms with van der Waals surface area (Å²) in [7, 11) is 0. The minimum Gasteiger partial charge on any atom is -0.478 e. The topological polar surface area (TPSA) is 78.9 Å². The summed E-state index contributed by atoms with van der Waals surface area (Å²) in [5.74, 6) is 0.614. The average molecular weight is 405 g/mol. The molecule has 0 amide bonds. The van der Waals surface area contributed by atoms with Crippen LogP contribution in [0.3, 0.4) is 0 Å². The number of furan rings is 1. The fourth-order valence-corrected chi connectivity index (χ4v) is 4.96. The predicted molar refractivity (Wildman–Crippen MR) is 112 cm³/mol.